The monoisotopic (exact) mass is 339 g/mol. The van der Waals surface area contributed by atoms with Gasteiger partial charge in [-0.3, -0.25) is 0 Å². The Morgan fingerprint density at radius 2 is 1.96 bits per heavy atom. The second kappa shape index (κ2) is 6.68. The third kappa shape index (κ3) is 3.28. The van der Waals surface area contributed by atoms with Gasteiger partial charge in [-0.15, -0.1) is 0 Å². The van der Waals surface area contributed by atoms with Gasteiger partial charge in [-0.1, -0.05) is 0 Å². The highest BCUT2D eigenvalue weighted by molar-refractivity contribution is 5.87. The molecule has 130 valence electrons. The second-order valence-electron chi connectivity index (χ2n) is 6.24. The lowest BCUT2D eigenvalue weighted by atomic mass is 10.3. The number of rotatable bonds is 7. The van der Waals surface area contributed by atoms with E-state index in [1.54, 1.807) is 14.2 Å². The van der Waals surface area contributed by atoms with Gasteiger partial charge in [0, 0.05) is 13.7 Å². The van der Waals surface area contributed by atoms with Crippen LogP contribution in [0, 0.1) is 5.92 Å². The highest BCUT2D eigenvalue weighted by atomic mass is 16.5. The summed E-state index contributed by atoms with van der Waals surface area (Å²) in [6.45, 7) is 1.30. The standard InChI is InChI=1S/C18H21N5O2/c1-24-11-16-21-17(19-9-12-3-4-12)15-10-20-23(18(15)22-16)13-5-7-14(25-2)8-6-13/h5-8,10,12H,3-4,9,11H2,1-2H3,(H,19,21,22). The Bertz CT molecular complexity index is 871. The first-order chi connectivity index (χ1) is 12.3. The molecule has 1 aromatic carbocycles. The Balaban J connectivity index is 1.75. The molecule has 0 radical (unpaired) electrons. The van der Waals surface area contributed by atoms with Gasteiger partial charge in [0.25, 0.3) is 0 Å². The van der Waals surface area contributed by atoms with E-state index in [1.807, 2.05) is 35.1 Å². The SMILES string of the molecule is COCc1nc(NCC2CC2)c2cnn(-c3ccc(OC)cc3)c2n1. The van der Waals surface area contributed by atoms with Crippen LogP contribution in [0.15, 0.2) is 30.5 Å². The molecule has 25 heavy (non-hydrogen) atoms. The summed E-state index contributed by atoms with van der Waals surface area (Å²) in [7, 11) is 3.30. The molecule has 1 N–H and O–H groups in total. The zero-order valence-electron chi connectivity index (χ0n) is 14.4. The van der Waals surface area contributed by atoms with Crippen molar-refractivity contribution in [2.75, 3.05) is 26.1 Å². The van der Waals surface area contributed by atoms with Crippen LogP contribution in [0.1, 0.15) is 18.7 Å². The van der Waals surface area contributed by atoms with E-state index in [0.29, 0.717) is 12.4 Å². The number of methoxy groups -OCH3 is 2. The maximum Gasteiger partial charge on any atom is 0.168 e. The Labute approximate surface area is 146 Å². The van der Waals surface area contributed by atoms with Crippen LogP contribution in [0.5, 0.6) is 5.75 Å². The van der Waals surface area contributed by atoms with E-state index >= 15 is 0 Å². The molecule has 2 aromatic heterocycles. The number of hydrogen-bond acceptors (Lipinski definition) is 6. The van der Waals surface area contributed by atoms with Gasteiger partial charge in [-0.05, 0) is 43.0 Å². The molecule has 0 spiro atoms. The van der Waals surface area contributed by atoms with Gasteiger partial charge in [0.1, 0.15) is 18.2 Å². The van der Waals surface area contributed by atoms with Gasteiger partial charge >= 0.3 is 0 Å². The van der Waals surface area contributed by atoms with Crippen LogP contribution >= 0.6 is 0 Å². The first-order valence-electron chi connectivity index (χ1n) is 8.40. The first kappa shape index (κ1) is 15.8. The average Bonchev–Trinajstić information content (AvgIpc) is 3.38. The molecule has 0 unspecified atom stereocenters. The summed E-state index contributed by atoms with van der Waals surface area (Å²) in [6.07, 6.45) is 4.39. The van der Waals surface area contributed by atoms with Crippen LogP contribution in [0.4, 0.5) is 5.82 Å². The molecule has 7 heteroatoms. The van der Waals surface area contributed by atoms with E-state index in [2.05, 4.69) is 20.4 Å². The predicted octanol–water partition coefficient (Wildman–Crippen LogP) is 2.79. The Morgan fingerprint density at radius 1 is 1.16 bits per heavy atom. The lowest BCUT2D eigenvalue weighted by molar-refractivity contribution is 0.178. The van der Waals surface area contributed by atoms with E-state index in [4.69, 9.17) is 9.47 Å². The van der Waals surface area contributed by atoms with Crippen molar-refractivity contribution in [3.8, 4) is 11.4 Å². The van der Waals surface area contributed by atoms with Crippen molar-refractivity contribution < 1.29 is 9.47 Å². The summed E-state index contributed by atoms with van der Waals surface area (Å²) in [5.74, 6) is 3.03. The van der Waals surface area contributed by atoms with Gasteiger partial charge in [0.15, 0.2) is 11.5 Å². The Morgan fingerprint density at radius 3 is 2.64 bits per heavy atom. The van der Waals surface area contributed by atoms with Crippen molar-refractivity contribution in [1.29, 1.82) is 0 Å². The highest BCUT2D eigenvalue weighted by Crippen LogP contribution is 2.30. The summed E-state index contributed by atoms with van der Waals surface area (Å²) in [5, 5.41) is 8.88. The number of nitrogens with zero attached hydrogens (tertiary/aromatic N) is 4. The third-order valence-corrected chi connectivity index (χ3v) is 4.32. The lowest BCUT2D eigenvalue weighted by Gasteiger charge is -2.09. The van der Waals surface area contributed by atoms with Crippen molar-refractivity contribution in [2.24, 2.45) is 5.92 Å². The van der Waals surface area contributed by atoms with Crippen molar-refractivity contribution in [3.63, 3.8) is 0 Å². The number of benzene rings is 1. The number of aromatic nitrogens is 4. The molecule has 0 amide bonds. The van der Waals surface area contributed by atoms with Crippen LogP contribution in [0.25, 0.3) is 16.7 Å². The third-order valence-electron chi connectivity index (χ3n) is 4.32. The maximum atomic E-state index is 5.22. The molecule has 7 nitrogen and oxygen atoms in total. The molecule has 1 aliphatic rings. The van der Waals surface area contributed by atoms with E-state index in [1.165, 1.54) is 12.8 Å². The zero-order chi connectivity index (χ0) is 17.2. The van der Waals surface area contributed by atoms with Gasteiger partial charge < -0.3 is 14.8 Å². The van der Waals surface area contributed by atoms with Crippen LogP contribution in [0.2, 0.25) is 0 Å². The molecule has 0 bridgehead atoms. The predicted molar refractivity (Wildman–Crippen MR) is 95.1 cm³/mol. The summed E-state index contributed by atoms with van der Waals surface area (Å²) in [5.41, 5.74) is 1.69. The summed E-state index contributed by atoms with van der Waals surface area (Å²) in [4.78, 5) is 9.24. The molecule has 1 fully saturated rings. The number of fused-ring (bicyclic) bond motifs is 1. The molecule has 0 saturated heterocycles. The minimum Gasteiger partial charge on any atom is -0.497 e. The Hall–Kier alpha value is -2.67. The molecule has 0 atom stereocenters. The average molecular weight is 339 g/mol. The largest absolute Gasteiger partial charge is 0.497 e. The van der Waals surface area contributed by atoms with E-state index in [0.717, 1.165) is 40.8 Å². The smallest absolute Gasteiger partial charge is 0.168 e. The van der Waals surface area contributed by atoms with Crippen molar-refractivity contribution in [2.45, 2.75) is 19.4 Å². The number of nitrogens with one attached hydrogen (secondary N) is 1. The molecule has 0 aliphatic heterocycles. The molecule has 4 rings (SSSR count). The first-order valence-corrected chi connectivity index (χ1v) is 8.40. The second-order valence-corrected chi connectivity index (χ2v) is 6.24. The maximum absolute atomic E-state index is 5.22. The number of anilines is 1. The van der Waals surface area contributed by atoms with Gasteiger partial charge in [-0.2, -0.15) is 5.10 Å². The Kier molecular flexibility index (Phi) is 4.23. The van der Waals surface area contributed by atoms with Crippen molar-refractivity contribution in [1.82, 2.24) is 19.7 Å². The van der Waals surface area contributed by atoms with Crippen LogP contribution < -0.4 is 10.1 Å². The van der Waals surface area contributed by atoms with Crippen LogP contribution in [-0.2, 0) is 11.3 Å². The minimum atomic E-state index is 0.363. The fraction of sp³-hybridized carbons (Fsp3) is 0.389. The van der Waals surface area contributed by atoms with Crippen LogP contribution in [-0.4, -0.2) is 40.5 Å². The summed E-state index contributed by atoms with van der Waals surface area (Å²) < 4.78 is 12.3. The molecule has 1 aliphatic carbocycles. The van der Waals surface area contributed by atoms with Gasteiger partial charge in [-0.25, -0.2) is 14.6 Å². The van der Waals surface area contributed by atoms with E-state index in [9.17, 15) is 0 Å². The van der Waals surface area contributed by atoms with E-state index in [-0.39, 0.29) is 0 Å². The topological polar surface area (TPSA) is 74.1 Å². The molecule has 1 saturated carbocycles. The number of hydrogen-bond donors (Lipinski definition) is 1. The molecular weight excluding hydrogens is 318 g/mol. The molecule has 2 heterocycles. The van der Waals surface area contributed by atoms with Gasteiger partial charge in [0.2, 0.25) is 0 Å². The lowest BCUT2D eigenvalue weighted by Crippen LogP contribution is -2.09. The fourth-order valence-corrected chi connectivity index (χ4v) is 2.76. The minimum absolute atomic E-state index is 0.363. The van der Waals surface area contributed by atoms with Gasteiger partial charge in [0.05, 0.1) is 24.4 Å². The van der Waals surface area contributed by atoms with E-state index < -0.39 is 0 Å². The fourth-order valence-electron chi connectivity index (χ4n) is 2.76. The van der Waals surface area contributed by atoms with Crippen molar-refractivity contribution >= 4 is 16.9 Å². The zero-order valence-corrected chi connectivity index (χ0v) is 14.4. The summed E-state index contributed by atoms with van der Waals surface area (Å²) in [6, 6.07) is 7.74. The highest BCUT2D eigenvalue weighted by Gasteiger charge is 2.22. The quantitative estimate of drug-likeness (QED) is 0.713. The van der Waals surface area contributed by atoms with Crippen LogP contribution in [0.3, 0.4) is 0 Å². The molecular formula is C18H21N5O2. The number of ether oxygens (including phenoxy) is 2. The normalized spacial score (nSPS) is 14.0. The summed E-state index contributed by atoms with van der Waals surface area (Å²) >= 11 is 0. The molecule has 3 aromatic rings. The van der Waals surface area contributed by atoms with Crippen molar-refractivity contribution in [3.05, 3.63) is 36.3 Å².